The summed E-state index contributed by atoms with van der Waals surface area (Å²) in [6, 6.07) is 12.7. The number of ether oxygens (including phenoxy) is 1. The fraction of sp³-hybridized carbons (Fsp3) is 0.368. The Hall–Kier alpha value is -2.40. The first-order chi connectivity index (χ1) is 11.6. The maximum absolute atomic E-state index is 12.1. The Morgan fingerprint density at radius 3 is 2.75 bits per heavy atom. The predicted octanol–water partition coefficient (Wildman–Crippen LogP) is 2.52. The zero-order chi connectivity index (χ0) is 16.9. The standard InChI is InChI=1S/C19H21NO4/c21-18(12-15-8-4-10-24-15)20-17(19(22)23)11-14-7-3-6-13-5-1-2-9-16(13)14/h1-3,5-7,9,15,17H,4,8,10-12H2,(H,20,21)(H,22,23)/t15-,17-/m0/s1. The summed E-state index contributed by atoms with van der Waals surface area (Å²) in [5.41, 5.74) is 0.915. The molecule has 2 aromatic carbocycles. The summed E-state index contributed by atoms with van der Waals surface area (Å²) >= 11 is 0. The van der Waals surface area contributed by atoms with Crippen molar-refractivity contribution in [3.05, 3.63) is 48.0 Å². The van der Waals surface area contributed by atoms with Crippen molar-refractivity contribution >= 4 is 22.6 Å². The summed E-state index contributed by atoms with van der Waals surface area (Å²) in [6.07, 6.45) is 2.20. The van der Waals surface area contributed by atoms with Crippen molar-refractivity contribution in [1.29, 1.82) is 0 Å². The molecule has 2 atom stereocenters. The van der Waals surface area contributed by atoms with Crippen LogP contribution in [-0.4, -0.2) is 35.7 Å². The summed E-state index contributed by atoms with van der Waals surface area (Å²) in [6.45, 7) is 0.677. The zero-order valence-electron chi connectivity index (χ0n) is 13.4. The number of benzene rings is 2. The molecule has 0 radical (unpaired) electrons. The number of carbonyl (C=O) groups excluding carboxylic acids is 1. The average molecular weight is 327 g/mol. The van der Waals surface area contributed by atoms with E-state index in [1.807, 2.05) is 42.5 Å². The molecule has 1 aliphatic rings. The number of fused-ring (bicyclic) bond motifs is 1. The molecule has 5 heteroatoms. The molecule has 1 amide bonds. The Balaban J connectivity index is 1.71. The normalized spacial score (nSPS) is 18.4. The molecule has 126 valence electrons. The van der Waals surface area contributed by atoms with Gasteiger partial charge in [-0.1, -0.05) is 42.5 Å². The fourth-order valence-corrected chi connectivity index (χ4v) is 3.16. The number of rotatable bonds is 6. The fourth-order valence-electron chi connectivity index (χ4n) is 3.16. The smallest absolute Gasteiger partial charge is 0.326 e. The van der Waals surface area contributed by atoms with Gasteiger partial charge in [0.25, 0.3) is 0 Å². The highest BCUT2D eigenvalue weighted by molar-refractivity contribution is 5.88. The third kappa shape index (κ3) is 3.92. The quantitative estimate of drug-likeness (QED) is 0.855. The lowest BCUT2D eigenvalue weighted by Gasteiger charge is -2.17. The maximum Gasteiger partial charge on any atom is 0.326 e. The van der Waals surface area contributed by atoms with Crippen LogP contribution in [0.1, 0.15) is 24.8 Å². The van der Waals surface area contributed by atoms with Gasteiger partial charge in [-0.25, -0.2) is 4.79 Å². The molecule has 0 spiro atoms. The minimum Gasteiger partial charge on any atom is -0.480 e. The minimum atomic E-state index is -1.02. The van der Waals surface area contributed by atoms with E-state index in [0.717, 1.165) is 29.2 Å². The second kappa shape index (κ2) is 7.45. The van der Waals surface area contributed by atoms with Gasteiger partial charge in [0.15, 0.2) is 0 Å². The van der Waals surface area contributed by atoms with Gasteiger partial charge in [0.2, 0.25) is 5.91 Å². The monoisotopic (exact) mass is 327 g/mol. The van der Waals surface area contributed by atoms with E-state index in [0.29, 0.717) is 6.61 Å². The van der Waals surface area contributed by atoms with Gasteiger partial charge in [0.05, 0.1) is 12.5 Å². The van der Waals surface area contributed by atoms with Crippen LogP contribution in [0.3, 0.4) is 0 Å². The molecule has 1 heterocycles. The molecule has 24 heavy (non-hydrogen) atoms. The summed E-state index contributed by atoms with van der Waals surface area (Å²) < 4.78 is 5.43. The molecule has 0 saturated carbocycles. The van der Waals surface area contributed by atoms with Crippen LogP contribution in [0.2, 0.25) is 0 Å². The van der Waals surface area contributed by atoms with E-state index in [9.17, 15) is 14.7 Å². The van der Waals surface area contributed by atoms with Gasteiger partial charge < -0.3 is 15.2 Å². The van der Waals surface area contributed by atoms with Crippen molar-refractivity contribution in [1.82, 2.24) is 5.32 Å². The highest BCUT2D eigenvalue weighted by atomic mass is 16.5. The first-order valence-electron chi connectivity index (χ1n) is 8.24. The van der Waals surface area contributed by atoms with Crippen molar-refractivity contribution in [2.24, 2.45) is 0 Å². The van der Waals surface area contributed by atoms with Crippen molar-refractivity contribution in [2.75, 3.05) is 6.61 Å². The lowest BCUT2D eigenvalue weighted by Crippen LogP contribution is -2.43. The lowest BCUT2D eigenvalue weighted by atomic mass is 9.98. The number of nitrogens with one attached hydrogen (secondary N) is 1. The van der Waals surface area contributed by atoms with Crippen LogP contribution in [0, 0.1) is 0 Å². The van der Waals surface area contributed by atoms with Crippen LogP contribution in [0.4, 0.5) is 0 Å². The highest BCUT2D eigenvalue weighted by Crippen LogP contribution is 2.20. The molecular weight excluding hydrogens is 306 g/mol. The van der Waals surface area contributed by atoms with Gasteiger partial charge in [-0.15, -0.1) is 0 Å². The molecule has 2 aromatic rings. The van der Waals surface area contributed by atoms with E-state index in [4.69, 9.17) is 4.74 Å². The van der Waals surface area contributed by atoms with Gasteiger partial charge >= 0.3 is 5.97 Å². The topological polar surface area (TPSA) is 75.6 Å². The first-order valence-corrected chi connectivity index (χ1v) is 8.24. The van der Waals surface area contributed by atoms with Crippen molar-refractivity contribution in [3.63, 3.8) is 0 Å². The van der Waals surface area contributed by atoms with Crippen LogP contribution < -0.4 is 5.32 Å². The molecule has 3 rings (SSSR count). The van der Waals surface area contributed by atoms with Gasteiger partial charge in [-0.05, 0) is 29.2 Å². The SMILES string of the molecule is O=C(C[C@@H]1CCCO1)N[C@@H](Cc1cccc2ccccc12)C(=O)O. The molecule has 0 unspecified atom stereocenters. The third-order valence-corrected chi connectivity index (χ3v) is 4.37. The number of aliphatic carboxylic acids is 1. The van der Waals surface area contributed by atoms with Gasteiger partial charge in [0.1, 0.15) is 6.04 Å². The van der Waals surface area contributed by atoms with E-state index in [1.54, 1.807) is 0 Å². The van der Waals surface area contributed by atoms with Crippen molar-refractivity contribution in [3.8, 4) is 0 Å². The summed E-state index contributed by atoms with van der Waals surface area (Å²) in [4.78, 5) is 23.7. The Morgan fingerprint density at radius 1 is 1.21 bits per heavy atom. The minimum absolute atomic E-state index is 0.0861. The summed E-state index contributed by atoms with van der Waals surface area (Å²) in [5, 5.41) is 14.2. The molecule has 1 saturated heterocycles. The molecule has 2 N–H and O–H groups in total. The van der Waals surface area contributed by atoms with Crippen LogP contribution in [0.15, 0.2) is 42.5 Å². The average Bonchev–Trinajstić information content (AvgIpc) is 3.07. The van der Waals surface area contributed by atoms with Gasteiger partial charge in [-0.3, -0.25) is 4.79 Å². The zero-order valence-corrected chi connectivity index (χ0v) is 13.4. The van der Waals surface area contributed by atoms with Crippen molar-refractivity contribution < 1.29 is 19.4 Å². The number of carbonyl (C=O) groups is 2. The van der Waals surface area contributed by atoms with Gasteiger partial charge in [0, 0.05) is 13.0 Å². The Bertz CT molecular complexity index is 732. The van der Waals surface area contributed by atoms with E-state index in [1.165, 1.54) is 0 Å². The second-order valence-electron chi connectivity index (χ2n) is 6.14. The van der Waals surface area contributed by atoms with Gasteiger partial charge in [-0.2, -0.15) is 0 Å². The van der Waals surface area contributed by atoms with Crippen molar-refractivity contribution in [2.45, 2.75) is 37.8 Å². The predicted molar refractivity (Wildman–Crippen MR) is 90.8 cm³/mol. The Kier molecular flexibility index (Phi) is 5.11. The van der Waals surface area contributed by atoms with Crippen LogP contribution in [0.5, 0.6) is 0 Å². The molecule has 0 aromatic heterocycles. The van der Waals surface area contributed by atoms with Crippen LogP contribution >= 0.6 is 0 Å². The van der Waals surface area contributed by atoms with E-state index in [2.05, 4.69) is 5.32 Å². The number of hydrogen-bond donors (Lipinski definition) is 2. The first kappa shape index (κ1) is 16.5. The maximum atomic E-state index is 12.1. The van der Waals surface area contributed by atoms with Crippen LogP contribution in [-0.2, 0) is 20.7 Å². The third-order valence-electron chi connectivity index (χ3n) is 4.37. The Labute approximate surface area is 140 Å². The largest absolute Gasteiger partial charge is 0.480 e. The number of amides is 1. The number of carboxylic acids is 1. The Morgan fingerprint density at radius 2 is 2.00 bits per heavy atom. The molecule has 0 bridgehead atoms. The lowest BCUT2D eigenvalue weighted by molar-refractivity contribution is -0.142. The number of hydrogen-bond acceptors (Lipinski definition) is 3. The second-order valence-corrected chi connectivity index (χ2v) is 6.14. The molecule has 1 fully saturated rings. The molecular formula is C19H21NO4. The molecule has 5 nitrogen and oxygen atoms in total. The summed E-state index contributed by atoms with van der Waals surface area (Å²) in [5.74, 6) is -1.29. The highest BCUT2D eigenvalue weighted by Gasteiger charge is 2.24. The molecule has 0 aliphatic carbocycles. The van der Waals surface area contributed by atoms with E-state index >= 15 is 0 Å². The van der Waals surface area contributed by atoms with E-state index < -0.39 is 12.0 Å². The summed E-state index contributed by atoms with van der Waals surface area (Å²) in [7, 11) is 0. The van der Waals surface area contributed by atoms with Crippen LogP contribution in [0.25, 0.3) is 10.8 Å². The van der Waals surface area contributed by atoms with E-state index in [-0.39, 0.29) is 24.9 Å². The molecule has 1 aliphatic heterocycles. The number of carboxylic acid groups (broad SMARTS) is 1.